The average molecular weight is 326 g/mol. The molecule has 2 fully saturated rings. The molecule has 0 saturated carbocycles. The monoisotopic (exact) mass is 326 g/mol. The minimum absolute atomic E-state index is 0.0939. The second-order valence-corrected chi connectivity index (χ2v) is 7.01. The Balaban J connectivity index is 1.34. The molecule has 5 heteroatoms. The van der Waals surface area contributed by atoms with Crippen LogP contribution < -0.4 is 5.32 Å². The molecule has 1 aromatic heterocycles. The van der Waals surface area contributed by atoms with Gasteiger partial charge in [0.25, 0.3) is 0 Å². The Morgan fingerprint density at radius 2 is 1.96 bits per heavy atom. The van der Waals surface area contributed by atoms with E-state index in [-0.39, 0.29) is 5.60 Å². The Morgan fingerprint density at radius 3 is 2.67 bits per heavy atom. The van der Waals surface area contributed by atoms with Crippen molar-refractivity contribution in [3.05, 3.63) is 53.9 Å². The fraction of sp³-hybridized carbons (Fsp3) is 0.526. The SMILES string of the molecule is c1cc(CN2CCC3(CC2)CNCCO3)cc(Cn2cccn2)c1. The number of hydrogen-bond acceptors (Lipinski definition) is 4. The summed E-state index contributed by atoms with van der Waals surface area (Å²) in [5, 5.41) is 7.78. The quantitative estimate of drug-likeness (QED) is 0.932. The number of hydrogen-bond donors (Lipinski definition) is 1. The van der Waals surface area contributed by atoms with E-state index in [1.807, 2.05) is 23.1 Å². The summed E-state index contributed by atoms with van der Waals surface area (Å²) in [6.45, 7) is 6.96. The van der Waals surface area contributed by atoms with Gasteiger partial charge in [-0.05, 0) is 30.0 Å². The lowest BCUT2D eigenvalue weighted by atomic mass is 9.90. The molecule has 5 nitrogen and oxygen atoms in total. The Morgan fingerprint density at radius 1 is 1.12 bits per heavy atom. The Kier molecular flexibility index (Phi) is 4.65. The van der Waals surface area contributed by atoms with Crippen LogP contribution in [-0.4, -0.2) is 53.1 Å². The molecular weight excluding hydrogens is 300 g/mol. The van der Waals surface area contributed by atoms with Gasteiger partial charge in [-0.1, -0.05) is 24.3 Å². The summed E-state index contributed by atoms with van der Waals surface area (Å²) in [6, 6.07) is 10.8. The highest BCUT2D eigenvalue weighted by Crippen LogP contribution is 2.28. The van der Waals surface area contributed by atoms with Crippen LogP contribution in [0.5, 0.6) is 0 Å². The minimum Gasteiger partial charge on any atom is -0.372 e. The standard InChI is InChI=1S/C19H26N4O/c1-3-17(13-18(4-1)15-23-9-2-7-21-23)14-22-10-5-19(6-11-22)16-20-8-12-24-19/h1-4,7,9,13,20H,5-6,8,10-12,14-16H2. The lowest BCUT2D eigenvalue weighted by Gasteiger charge is -2.44. The number of aromatic nitrogens is 2. The van der Waals surface area contributed by atoms with Gasteiger partial charge in [-0.2, -0.15) is 5.10 Å². The van der Waals surface area contributed by atoms with Crippen molar-refractivity contribution in [3.8, 4) is 0 Å². The van der Waals surface area contributed by atoms with Gasteiger partial charge in [0, 0.05) is 45.1 Å². The average Bonchev–Trinajstić information content (AvgIpc) is 3.11. The molecular formula is C19H26N4O. The molecule has 0 bridgehead atoms. The number of rotatable bonds is 4. The summed E-state index contributed by atoms with van der Waals surface area (Å²) >= 11 is 0. The second-order valence-electron chi connectivity index (χ2n) is 7.01. The summed E-state index contributed by atoms with van der Waals surface area (Å²) < 4.78 is 8.05. The van der Waals surface area contributed by atoms with Crippen molar-refractivity contribution in [2.24, 2.45) is 0 Å². The van der Waals surface area contributed by atoms with Crippen molar-refractivity contribution in [3.63, 3.8) is 0 Å². The molecule has 2 aromatic rings. The number of morpholine rings is 1. The highest BCUT2D eigenvalue weighted by atomic mass is 16.5. The van der Waals surface area contributed by atoms with Crippen LogP contribution in [0.3, 0.4) is 0 Å². The zero-order valence-corrected chi connectivity index (χ0v) is 14.2. The molecule has 4 rings (SSSR count). The fourth-order valence-corrected chi connectivity index (χ4v) is 3.81. The van der Waals surface area contributed by atoms with Crippen molar-refractivity contribution in [1.29, 1.82) is 0 Å². The molecule has 0 aliphatic carbocycles. The van der Waals surface area contributed by atoms with Crippen LogP contribution in [0.2, 0.25) is 0 Å². The number of benzene rings is 1. The summed E-state index contributed by atoms with van der Waals surface area (Å²) in [6.07, 6.45) is 6.10. The Hall–Kier alpha value is -1.69. The predicted molar refractivity (Wildman–Crippen MR) is 93.8 cm³/mol. The molecule has 3 heterocycles. The van der Waals surface area contributed by atoms with E-state index in [0.717, 1.165) is 58.7 Å². The molecule has 0 amide bonds. The first-order chi connectivity index (χ1) is 11.8. The van der Waals surface area contributed by atoms with Gasteiger partial charge < -0.3 is 10.1 Å². The number of likely N-dealkylation sites (tertiary alicyclic amines) is 1. The molecule has 2 aliphatic heterocycles. The lowest BCUT2D eigenvalue weighted by Crippen LogP contribution is -2.55. The van der Waals surface area contributed by atoms with Gasteiger partial charge in [-0.3, -0.25) is 9.58 Å². The molecule has 0 unspecified atom stereocenters. The number of piperidine rings is 1. The van der Waals surface area contributed by atoms with Gasteiger partial charge in [0.2, 0.25) is 0 Å². The van der Waals surface area contributed by atoms with Crippen LogP contribution in [0.15, 0.2) is 42.7 Å². The summed E-state index contributed by atoms with van der Waals surface area (Å²) in [5.41, 5.74) is 2.79. The van der Waals surface area contributed by atoms with Crippen LogP contribution >= 0.6 is 0 Å². The van der Waals surface area contributed by atoms with Crippen molar-refractivity contribution in [2.45, 2.75) is 31.5 Å². The highest BCUT2D eigenvalue weighted by molar-refractivity contribution is 5.23. The van der Waals surface area contributed by atoms with E-state index in [9.17, 15) is 0 Å². The third-order valence-corrected chi connectivity index (χ3v) is 5.20. The zero-order chi connectivity index (χ0) is 16.2. The molecule has 1 spiro atoms. The van der Waals surface area contributed by atoms with Crippen molar-refractivity contribution < 1.29 is 4.74 Å². The van der Waals surface area contributed by atoms with Crippen LogP contribution in [0.25, 0.3) is 0 Å². The van der Waals surface area contributed by atoms with Crippen molar-refractivity contribution in [2.75, 3.05) is 32.8 Å². The highest BCUT2D eigenvalue weighted by Gasteiger charge is 2.36. The third-order valence-electron chi connectivity index (χ3n) is 5.20. The Labute approximate surface area is 143 Å². The molecule has 24 heavy (non-hydrogen) atoms. The van der Waals surface area contributed by atoms with Crippen molar-refractivity contribution in [1.82, 2.24) is 20.0 Å². The van der Waals surface area contributed by atoms with E-state index >= 15 is 0 Å². The lowest BCUT2D eigenvalue weighted by molar-refractivity contribution is -0.100. The number of nitrogens with one attached hydrogen (secondary N) is 1. The van der Waals surface area contributed by atoms with E-state index in [4.69, 9.17) is 4.74 Å². The maximum absolute atomic E-state index is 6.08. The minimum atomic E-state index is 0.0939. The molecule has 1 N–H and O–H groups in total. The Bertz CT molecular complexity index is 639. The molecule has 0 radical (unpaired) electrons. The fourth-order valence-electron chi connectivity index (χ4n) is 3.81. The topological polar surface area (TPSA) is 42.3 Å². The maximum Gasteiger partial charge on any atom is 0.0831 e. The normalized spacial score (nSPS) is 21.2. The van der Waals surface area contributed by atoms with Crippen molar-refractivity contribution >= 4 is 0 Å². The smallest absolute Gasteiger partial charge is 0.0831 e. The molecule has 2 saturated heterocycles. The van der Waals surface area contributed by atoms with Crippen LogP contribution in [0.4, 0.5) is 0 Å². The van der Waals surface area contributed by atoms with Gasteiger partial charge in [0.15, 0.2) is 0 Å². The van der Waals surface area contributed by atoms with E-state index in [1.165, 1.54) is 11.1 Å². The van der Waals surface area contributed by atoms with E-state index in [1.54, 1.807) is 0 Å². The molecule has 2 aliphatic rings. The van der Waals surface area contributed by atoms with E-state index < -0.39 is 0 Å². The summed E-state index contributed by atoms with van der Waals surface area (Å²) in [4.78, 5) is 2.55. The zero-order valence-electron chi connectivity index (χ0n) is 14.2. The molecule has 128 valence electrons. The van der Waals surface area contributed by atoms with Gasteiger partial charge >= 0.3 is 0 Å². The first-order valence-corrected chi connectivity index (χ1v) is 8.94. The van der Waals surface area contributed by atoms with Gasteiger partial charge in [0.05, 0.1) is 18.8 Å². The molecule has 1 aromatic carbocycles. The predicted octanol–water partition coefficient (Wildman–Crippen LogP) is 1.89. The maximum atomic E-state index is 6.08. The summed E-state index contributed by atoms with van der Waals surface area (Å²) in [7, 11) is 0. The van der Waals surface area contributed by atoms with Crippen LogP contribution in [0, 0.1) is 0 Å². The van der Waals surface area contributed by atoms with E-state index in [2.05, 4.69) is 39.6 Å². The van der Waals surface area contributed by atoms with Gasteiger partial charge in [-0.25, -0.2) is 0 Å². The first-order valence-electron chi connectivity index (χ1n) is 8.94. The van der Waals surface area contributed by atoms with Gasteiger partial charge in [0.1, 0.15) is 0 Å². The van der Waals surface area contributed by atoms with Gasteiger partial charge in [-0.15, -0.1) is 0 Å². The molecule has 0 atom stereocenters. The summed E-state index contributed by atoms with van der Waals surface area (Å²) in [5.74, 6) is 0. The van der Waals surface area contributed by atoms with Crippen LogP contribution in [-0.2, 0) is 17.8 Å². The first kappa shape index (κ1) is 15.8. The third kappa shape index (κ3) is 3.69. The number of ether oxygens (including phenoxy) is 1. The second kappa shape index (κ2) is 7.05. The number of nitrogens with zero attached hydrogens (tertiary/aromatic N) is 3. The largest absolute Gasteiger partial charge is 0.372 e. The van der Waals surface area contributed by atoms with E-state index in [0.29, 0.717) is 0 Å². The van der Waals surface area contributed by atoms with Crippen LogP contribution in [0.1, 0.15) is 24.0 Å².